The van der Waals surface area contributed by atoms with Crippen LogP contribution in [0, 0.1) is 0 Å². The van der Waals surface area contributed by atoms with E-state index in [-0.39, 0.29) is 19.7 Å². The van der Waals surface area contributed by atoms with Gasteiger partial charge in [0.2, 0.25) is 5.88 Å². The topological polar surface area (TPSA) is 71.6 Å². The molecule has 0 radical (unpaired) electrons. The van der Waals surface area contributed by atoms with Crippen LogP contribution in [0.2, 0.25) is 0 Å². The van der Waals surface area contributed by atoms with E-state index in [0.717, 1.165) is 6.61 Å². The summed E-state index contributed by atoms with van der Waals surface area (Å²) in [5, 5.41) is 0. The molecule has 1 unspecified atom stereocenters. The van der Waals surface area contributed by atoms with Crippen molar-refractivity contribution >= 4 is 0 Å². The van der Waals surface area contributed by atoms with Crippen LogP contribution in [0.3, 0.4) is 0 Å². The van der Waals surface area contributed by atoms with Gasteiger partial charge in [0.05, 0.1) is 6.61 Å². The number of rotatable bonds is 11. The van der Waals surface area contributed by atoms with Crippen LogP contribution in [0.5, 0.6) is 17.5 Å². The molecule has 2 heterocycles. The highest BCUT2D eigenvalue weighted by molar-refractivity contribution is 5.36. The molecule has 1 aliphatic rings. The SMILES string of the molecule is CC.CCOCOc1ccc(OCC2CO2)c(OCOCC)n1. The third-order valence-electron chi connectivity index (χ3n) is 2.60. The minimum absolute atomic E-state index is 0.106. The molecule has 0 aliphatic carbocycles. The number of pyridine rings is 1. The second-order valence-electron chi connectivity index (χ2n) is 4.23. The summed E-state index contributed by atoms with van der Waals surface area (Å²) in [7, 11) is 0. The Labute approximate surface area is 137 Å². The molecule has 1 saturated heterocycles. The van der Waals surface area contributed by atoms with Crippen LogP contribution in [0.1, 0.15) is 27.7 Å². The lowest BCUT2D eigenvalue weighted by Crippen LogP contribution is -2.10. The van der Waals surface area contributed by atoms with Crippen molar-refractivity contribution in [2.75, 3.05) is 40.0 Å². The standard InChI is InChI=1S/C14H21NO6.C2H6/c1-3-16-9-20-13-6-5-12(19-8-11-7-18-11)14(15-13)21-10-17-4-2;1-2/h5-6,11H,3-4,7-10H2,1-2H3;1-2H3. The van der Waals surface area contributed by atoms with Crippen molar-refractivity contribution in [1.29, 1.82) is 0 Å². The predicted octanol–water partition coefficient (Wildman–Crippen LogP) is 2.63. The van der Waals surface area contributed by atoms with Crippen molar-refractivity contribution in [2.24, 2.45) is 0 Å². The molecule has 1 atom stereocenters. The number of epoxide rings is 1. The highest BCUT2D eigenvalue weighted by Crippen LogP contribution is 2.28. The van der Waals surface area contributed by atoms with Gasteiger partial charge >= 0.3 is 0 Å². The summed E-state index contributed by atoms with van der Waals surface area (Å²) >= 11 is 0. The molecule has 0 spiro atoms. The van der Waals surface area contributed by atoms with E-state index in [9.17, 15) is 0 Å². The molecule has 0 aromatic carbocycles. The molecule has 7 heteroatoms. The molecule has 1 aliphatic heterocycles. The second-order valence-corrected chi connectivity index (χ2v) is 4.23. The minimum Gasteiger partial charge on any atom is -0.485 e. The zero-order valence-corrected chi connectivity index (χ0v) is 14.4. The van der Waals surface area contributed by atoms with E-state index in [2.05, 4.69) is 4.98 Å². The van der Waals surface area contributed by atoms with E-state index in [4.69, 9.17) is 28.4 Å². The first-order valence-electron chi connectivity index (χ1n) is 8.00. The van der Waals surface area contributed by atoms with Crippen molar-refractivity contribution in [3.8, 4) is 17.5 Å². The van der Waals surface area contributed by atoms with E-state index in [1.54, 1.807) is 12.1 Å². The van der Waals surface area contributed by atoms with E-state index < -0.39 is 0 Å². The van der Waals surface area contributed by atoms with Crippen molar-refractivity contribution in [3.63, 3.8) is 0 Å². The van der Waals surface area contributed by atoms with Crippen LogP contribution in [0.4, 0.5) is 0 Å². The van der Waals surface area contributed by atoms with Crippen LogP contribution in [0.15, 0.2) is 12.1 Å². The Morgan fingerprint density at radius 2 is 1.70 bits per heavy atom. The fraction of sp³-hybridized carbons (Fsp3) is 0.688. The predicted molar refractivity (Wildman–Crippen MR) is 85.1 cm³/mol. The maximum absolute atomic E-state index is 5.62. The van der Waals surface area contributed by atoms with Gasteiger partial charge in [-0.05, 0) is 19.9 Å². The van der Waals surface area contributed by atoms with Crippen LogP contribution >= 0.6 is 0 Å². The lowest BCUT2D eigenvalue weighted by molar-refractivity contribution is 0.0112. The van der Waals surface area contributed by atoms with E-state index >= 15 is 0 Å². The maximum atomic E-state index is 5.62. The normalized spacial score (nSPS) is 15.4. The summed E-state index contributed by atoms with van der Waals surface area (Å²) in [6.45, 7) is 10.4. The molecule has 2 rings (SSSR count). The van der Waals surface area contributed by atoms with Gasteiger partial charge in [-0.15, -0.1) is 0 Å². The van der Waals surface area contributed by atoms with E-state index in [1.165, 1.54) is 0 Å². The lowest BCUT2D eigenvalue weighted by Gasteiger charge is -2.12. The van der Waals surface area contributed by atoms with Crippen LogP contribution in [-0.4, -0.2) is 51.1 Å². The lowest BCUT2D eigenvalue weighted by atomic mass is 10.4. The minimum atomic E-state index is 0.106. The first-order chi connectivity index (χ1) is 11.3. The molecule has 0 saturated carbocycles. The van der Waals surface area contributed by atoms with Crippen molar-refractivity contribution in [3.05, 3.63) is 12.1 Å². The molecular weight excluding hydrogens is 302 g/mol. The molecule has 1 fully saturated rings. The summed E-state index contributed by atoms with van der Waals surface area (Å²) in [4.78, 5) is 4.24. The molecule has 7 nitrogen and oxygen atoms in total. The Balaban J connectivity index is 0.00000127. The van der Waals surface area contributed by atoms with Crippen LogP contribution in [0.25, 0.3) is 0 Å². The average molecular weight is 329 g/mol. The zero-order chi connectivity index (χ0) is 16.9. The van der Waals surface area contributed by atoms with Gasteiger partial charge in [0.25, 0.3) is 5.88 Å². The monoisotopic (exact) mass is 329 g/mol. The number of nitrogens with zero attached hydrogens (tertiary/aromatic N) is 1. The second kappa shape index (κ2) is 11.9. The van der Waals surface area contributed by atoms with Crippen molar-refractivity contribution in [1.82, 2.24) is 4.98 Å². The number of hydrogen-bond acceptors (Lipinski definition) is 7. The largest absolute Gasteiger partial charge is 0.485 e. The molecule has 23 heavy (non-hydrogen) atoms. The molecule has 1 aromatic rings. The molecule has 1 aromatic heterocycles. The smallest absolute Gasteiger partial charge is 0.262 e. The Morgan fingerprint density at radius 3 is 2.30 bits per heavy atom. The van der Waals surface area contributed by atoms with Gasteiger partial charge in [0.1, 0.15) is 12.7 Å². The highest BCUT2D eigenvalue weighted by Gasteiger charge is 2.24. The van der Waals surface area contributed by atoms with Gasteiger partial charge in [0.15, 0.2) is 19.3 Å². The van der Waals surface area contributed by atoms with Crippen LogP contribution in [-0.2, 0) is 14.2 Å². The van der Waals surface area contributed by atoms with E-state index in [0.29, 0.717) is 37.3 Å². The van der Waals surface area contributed by atoms with Gasteiger partial charge in [-0.1, -0.05) is 13.8 Å². The number of aromatic nitrogens is 1. The third kappa shape index (κ3) is 8.01. The highest BCUT2D eigenvalue weighted by atomic mass is 16.7. The van der Waals surface area contributed by atoms with Crippen molar-refractivity contribution < 1.29 is 28.4 Å². The number of hydrogen-bond donors (Lipinski definition) is 0. The zero-order valence-electron chi connectivity index (χ0n) is 14.4. The Kier molecular flexibility index (Phi) is 10.1. The fourth-order valence-electron chi connectivity index (χ4n) is 1.42. The summed E-state index contributed by atoms with van der Waals surface area (Å²) < 4.78 is 31.8. The van der Waals surface area contributed by atoms with Crippen molar-refractivity contribution in [2.45, 2.75) is 33.8 Å². The molecule has 0 N–H and O–H groups in total. The molecular formula is C16H27NO6. The summed E-state index contributed by atoms with van der Waals surface area (Å²) in [5.41, 5.74) is 0. The van der Waals surface area contributed by atoms with Crippen LogP contribution < -0.4 is 14.2 Å². The Hall–Kier alpha value is -1.57. The van der Waals surface area contributed by atoms with Gasteiger partial charge in [0, 0.05) is 19.3 Å². The molecule has 0 bridgehead atoms. The summed E-state index contributed by atoms with van der Waals surface area (Å²) in [6.07, 6.45) is 0.165. The Morgan fingerprint density at radius 1 is 1.04 bits per heavy atom. The maximum Gasteiger partial charge on any atom is 0.262 e. The molecule has 132 valence electrons. The van der Waals surface area contributed by atoms with Gasteiger partial charge < -0.3 is 28.4 Å². The quantitative estimate of drug-likeness (QED) is 0.351. The third-order valence-corrected chi connectivity index (χ3v) is 2.60. The number of ether oxygens (including phenoxy) is 6. The fourth-order valence-corrected chi connectivity index (χ4v) is 1.42. The summed E-state index contributed by atoms with van der Waals surface area (Å²) in [5.74, 6) is 1.28. The van der Waals surface area contributed by atoms with Gasteiger partial charge in [-0.25, -0.2) is 0 Å². The van der Waals surface area contributed by atoms with E-state index in [1.807, 2.05) is 27.7 Å². The summed E-state index contributed by atoms with van der Waals surface area (Å²) in [6, 6.07) is 3.45. The first kappa shape index (κ1) is 19.5. The first-order valence-corrected chi connectivity index (χ1v) is 8.00. The van der Waals surface area contributed by atoms with Gasteiger partial charge in [-0.2, -0.15) is 4.98 Å². The Bertz CT molecular complexity index is 425. The molecule has 0 amide bonds. The average Bonchev–Trinajstić information content (AvgIpc) is 3.41. The van der Waals surface area contributed by atoms with Gasteiger partial charge in [-0.3, -0.25) is 0 Å².